The maximum Gasteiger partial charge on any atom is 0.123 e. The number of nitrogens with zero attached hydrogens (tertiary/aromatic N) is 3. The number of likely N-dealkylation sites (N-methyl/N-ethyl adjacent to an activating group) is 1. The van der Waals surface area contributed by atoms with E-state index >= 15 is 0 Å². The summed E-state index contributed by atoms with van der Waals surface area (Å²) in [5.41, 5.74) is 0.856. The monoisotopic (exact) mass is 223 g/mol. The first-order valence-corrected chi connectivity index (χ1v) is 5.79. The summed E-state index contributed by atoms with van der Waals surface area (Å²) in [7, 11) is 2.08. The van der Waals surface area contributed by atoms with Crippen LogP contribution in [0.25, 0.3) is 0 Å². The lowest BCUT2D eigenvalue weighted by molar-refractivity contribution is -0.0210. The van der Waals surface area contributed by atoms with Crippen molar-refractivity contribution in [2.24, 2.45) is 0 Å². The summed E-state index contributed by atoms with van der Waals surface area (Å²) in [6.07, 6.45) is 0.472. The van der Waals surface area contributed by atoms with Gasteiger partial charge in [-0.25, -0.2) is 4.98 Å². The first kappa shape index (κ1) is 10.6. The third-order valence-electron chi connectivity index (χ3n) is 2.37. The van der Waals surface area contributed by atoms with Crippen molar-refractivity contribution in [3.63, 3.8) is 0 Å². The molecule has 15 heavy (non-hydrogen) atoms. The van der Waals surface area contributed by atoms with E-state index in [2.05, 4.69) is 23.0 Å². The molecule has 2 heterocycles. The molecule has 0 radical (unpaired) electrons. The largest absolute Gasteiger partial charge is 0.368 e. The third kappa shape index (κ3) is 2.53. The van der Waals surface area contributed by atoms with Gasteiger partial charge in [0.15, 0.2) is 0 Å². The summed E-state index contributed by atoms with van der Waals surface area (Å²) in [5, 5.41) is 11.5. The summed E-state index contributed by atoms with van der Waals surface area (Å²) in [6.45, 7) is 2.63. The van der Waals surface area contributed by atoms with Gasteiger partial charge in [0.25, 0.3) is 0 Å². The van der Waals surface area contributed by atoms with Crippen molar-refractivity contribution in [3.8, 4) is 6.07 Å². The van der Waals surface area contributed by atoms with Crippen molar-refractivity contribution in [1.29, 1.82) is 5.26 Å². The number of hydrogen-bond donors (Lipinski definition) is 0. The molecule has 0 aromatic carbocycles. The zero-order valence-electron chi connectivity index (χ0n) is 8.64. The second kappa shape index (κ2) is 4.71. The van der Waals surface area contributed by atoms with Crippen molar-refractivity contribution >= 4 is 11.3 Å². The Morgan fingerprint density at radius 3 is 3.40 bits per heavy atom. The Kier molecular flexibility index (Phi) is 3.31. The van der Waals surface area contributed by atoms with Crippen LogP contribution >= 0.6 is 11.3 Å². The van der Waals surface area contributed by atoms with E-state index < -0.39 is 0 Å². The molecule has 2 rings (SSSR count). The molecular formula is C10H13N3OS. The highest BCUT2D eigenvalue weighted by molar-refractivity contribution is 7.09. The number of hydrogen-bond acceptors (Lipinski definition) is 5. The van der Waals surface area contributed by atoms with Gasteiger partial charge in [0.1, 0.15) is 11.1 Å². The van der Waals surface area contributed by atoms with Gasteiger partial charge in [-0.15, -0.1) is 11.3 Å². The van der Waals surface area contributed by atoms with E-state index in [-0.39, 0.29) is 6.10 Å². The maximum absolute atomic E-state index is 8.56. The smallest absolute Gasteiger partial charge is 0.123 e. The Hall–Kier alpha value is -0.960. The van der Waals surface area contributed by atoms with E-state index in [0.717, 1.165) is 30.4 Å². The Morgan fingerprint density at radius 1 is 1.80 bits per heavy atom. The van der Waals surface area contributed by atoms with E-state index in [1.54, 1.807) is 11.3 Å². The quantitative estimate of drug-likeness (QED) is 0.756. The fourth-order valence-corrected chi connectivity index (χ4v) is 2.42. The Labute approximate surface area is 93.1 Å². The summed E-state index contributed by atoms with van der Waals surface area (Å²) in [6, 6.07) is 2.10. The SMILES string of the molecule is CN1CCOC(c2nc(CC#N)cs2)C1. The molecule has 4 nitrogen and oxygen atoms in total. The van der Waals surface area contributed by atoms with E-state index in [1.165, 1.54) is 0 Å². The van der Waals surface area contributed by atoms with Gasteiger partial charge in [-0.05, 0) is 7.05 Å². The van der Waals surface area contributed by atoms with Gasteiger partial charge in [0.2, 0.25) is 0 Å². The second-order valence-electron chi connectivity index (χ2n) is 3.63. The Bertz CT molecular complexity index is 371. The van der Waals surface area contributed by atoms with E-state index in [0.29, 0.717) is 6.42 Å². The van der Waals surface area contributed by atoms with Crippen LogP contribution in [0.5, 0.6) is 0 Å². The minimum atomic E-state index is 0.0844. The normalized spacial score (nSPS) is 22.5. The molecule has 0 amide bonds. The van der Waals surface area contributed by atoms with Gasteiger partial charge < -0.3 is 9.64 Å². The molecule has 1 fully saturated rings. The van der Waals surface area contributed by atoms with Crippen LogP contribution in [-0.4, -0.2) is 36.6 Å². The molecule has 0 spiro atoms. The average Bonchev–Trinajstić information content (AvgIpc) is 2.67. The number of ether oxygens (including phenoxy) is 1. The molecule has 1 saturated heterocycles. The van der Waals surface area contributed by atoms with Crippen LogP contribution in [0.1, 0.15) is 16.8 Å². The first-order chi connectivity index (χ1) is 7.29. The van der Waals surface area contributed by atoms with Crippen LogP contribution in [0.4, 0.5) is 0 Å². The lowest BCUT2D eigenvalue weighted by atomic mass is 10.3. The molecule has 0 bridgehead atoms. The van der Waals surface area contributed by atoms with Crippen LogP contribution in [0.3, 0.4) is 0 Å². The lowest BCUT2D eigenvalue weighted by Crippen LogP contribution is -2.35. The molecule has 1 aliphatic heterocycles. The molecule has 1 atom stereocenters. The predicted octanol–water partition coefficient (Wildman–Crippen LogP) is 1.21. The van der Waals surface area contributed by atoms with Crippen LogP contribution in [0, 0.1) is 11.3 Å². The van der Waals surface area contributed by atoms with Gasteiger partial charge in [-0.3, -0.25) is 0 Å². The summed E-state index contributed by atoms with van der Waals surface area (Å²) < 4.78 is 5.65. The molecular weight excluding hydrogens is 210 g/mol. The minimum Gasteiger partial charge on any atom is -0.368 e. The number of morpholine rings is 1. The zero-order valence-corrected chi connectivity index (χ0v) is 9.46. The van der Waals surface area contributed by atoms with Crippen molar-refractivity contribution in [2.45, 2.75) is 12.5 Å². The molecule has 1 aromatic heterocycles. The first-order valence-electron chi connectivity index (χ1n) is 4.91. The van der Waals surface area contributed by atoms with Crippen molar-refractivity contribution < 1.29 is 4.74 Å². The number of rotatable bonds is 2. The fourth-order valence-electron chi connectivity index (χ4n) is 1.56. The number of nitriles is 1. The van der Waals surface area contributed by atoms with Crippen LogP contribution in [0.2, 0.25) is 0 Å². The van der Waals surface area contributed by atoms with Crippen molar-refractivity contribution in [2.75, 3.05) is 26.7 Å². The molecule has 5 heteroatoms. The predicted molar refractivity (Wildman–Crippen MR) is 57.6 cm³/mol. The highest BCUT2D eigenvalue weighted by Crippen LogP contribution is 2.24. The molecule has 0 saturated carbocycles. The number of thiazole rings is 1. The molecule has 0 N–H and O–H groups in total. The molecule has 1 aromatic rings. The summed E-state index contributed by atoms with van der Waals surface area (Å²) >= 11 is 1.58. The Morgan fingerprint density at radius 2 is 2.67 bits per heavy atom. The average molecular weight is 223 g/mol. The zero-order chi connectivity index (χ0) is 10.7. The van der Waals surface area contributed by atoms with Gasteiger partial charge in [0, 0.05) is 18.5 Å². The van der Waals surface area contributed by atoms with Crippen LogP contribution < -0.4 is 0 Å². The summed E-state index contributed by atoms with van der Waals surface area (Å²) in [5.74, 6) is 0. The molecule has 1 aliphatic rings. The second-order valence-corrected chi connectivity index (χ2v) is 4.52. The molecule has 0 aliphatic carbocycles. The number of aromatic nitrogens is 1. The van der Waals surface area contributed by atoms with Gasteiger partial charge in [-0.1, -0.05) is 0 Å². The minimum absolute atomic E-state index is 0.0844. The molecule has 1 unspecified atom stereocenters. The van der Waals surface area contributed by atoms with E-state index in [9.17, 15) is 0 Å². The van der Waals surface area contributed by atoms with Crippen molar-refractivity contribution in [3.05, 3.63) is 16.1 Å². The molecule has 80 valence electrons. The van der Waals surface area contributed by atoms with Gasteiger partial charge >= 0.3 is 0 Å². The van der Waals surface area contributed by atoms with Gasteiger partial charge in [-0.2, -0.15) is 5.26 Å². The fraction of sp³-hybridized carbons (Fsp3) is 0.600. The summed E-state index contributed by atoms with van der Waals surface area (Å²) in [4.78, 5) is 6.64. The Balaban J connectivity index is 2.05. The van der Waals surface area contributed by atoms with Crippen LogP contribution in [0.15, 0.2) is 5.38 Å². The third-order valence-corrected chi connectivity index (χ3v) is 3.36. The topological polar surface area (TPSA) is 49.1 Å². The van der Waals surface area contributed by atoms with E-state index in [4.69, 9.17) is 10.00 Å². The van der Waals surface area contributed by atoms with Gasteiger partial charge in [0.05, 0.1) is 24.8 Å². The van der Waals surface area contributed by atoms with Crippen LogP contribution in [-0.2, 0) is 11.2 Å². The lowest BCUT2D eigenvalue weighted by Gasteiger charge is -2.28. The maximum atomic E-state index is 8.56. The highest BCUT2D eigenvalue weighted by Gasteiger charge is 2.22. The van der Waals surface area contributed by atoms with Crippen molar-refractivity contribution in [1.82, 2.24) is 9.88 Å². The standard InChI is InChI=1S/C10H13N3OS/c1-13-4-5-14-9(6-13)10-12-8(2-3-11)7-15-10/h7,9H,2,4-6H2,1H3. The highest BCUT2D eigenvalue weighted by atomic mass is 32.1. The van der Waals surface area contributed by atoms with E-state index in [1.807, 2.05) is 5.38 Å².